The molecule has 4 N–H and O–H groups in total. The Bertz CT molecular complexity index is 103. The van der Waals surface area contributed by atoms with E-state index in [9.17, 15) is 0 Å². The first kappa shape index (κ1) is 22.7. The molecular weight excluding hydrogens is 142 g/mol. The third-order valence-corrected chi connectivity index (χ3v) is 0. The summed E-state index contributed by atoms with van der Waals surface area (Å²) in [5, 5.41) is 0. The molecule has 0 fully saturated rings. The topological polar surface area (TPSA) is 106 Å². The van der Waals surface area contributed by atoms with Crippen LogP contribution in [0.1, 0.15) is 2.85 Å². The van der Waals surface area contributed by atoms with Crippen LogP contribution in [0, 0.1) is 0 Å². The fraction of sp³-hybridized carbons (Fsp3) is 0. The van der Waals surface area contributed by atoms with Crippen molar-refractivity contribution < 1.29 is 74.3 Å². The van der Waals surface area contributed by atoms with Crippen molar-refractivity contribution in [3.8, 4) is 0 Å². The van der Waals surface area contributed by atoms with Gasteiger partial charge in [-0.1, -0.05) is 0 Å². The van der Waals surface area contributed by atoms with Gasteiger partial charge in [0.1, 0.15) is 0 Å². The summed E-state index contributed by atoms with van der Waals surface area (Å²) in [5.41, 5.74) is 0. The van der Waals surface area contributed by atoms with Gasteiger partial charge in [-0.2, -0.15) is 8.42 Å². The van der Waals surface area contributed by atoms with Gasteiger partial charge in [0.15, 0.2) is 0 Å². The van der Waals surface area contributed by atoms with Gasteiger partial charge in [-0.15, -0.1) is 0 Å². The van der Waals surface area contributed by atoms with Crippen LogP contribution < -0.4 is 48.4 Å². The SMILES string of the molecule is O.O=S(=O)(O)O.[H-].[H-].[Li+].[Na+]. The molecule has 8 heavy (non-hydrogen) atoms. The zero-order chi connectivity index (χ0) is 4.50. The van der Waals surface area contributed by atoms with E-state index in [2.05, 4.69) is 0 Å². The normalized spacial score (nSPS) is 7.25. The molecule has 0 aliphatic heterocycles. The molecule has 5 nitrogen and oxygen atoms in total. The van der Waals surface area contributed by atoms with Gasteiger partial charge in [0.2, 0.25) is 0 Å². The van der Waals surface area contributed by atoms with Crippen LogP contribution >= 0.6 is 0 Å². The first-order valence-corrected chi connectivity index (χ1v) is 2.10. The third-order valence-electron chi connectivity index (χ3n) is 0. The van der Waals surface area contributed by atoms with E-state index in [0.29, 0.717) is 0 Å². The van der Waals surface area contributed by atoms with Crippen molar-refractivity contribution in [2.24, 2.45) is 0 Å². The van der Waals surface area contributed by atoms with Crippen LogP contribution in [-0.2, 0) is 10.4 Å². The second-order valence-electron chi connectivity index (χ2n) is 0.448. The summed E-state index contributed by atoms with van der Waals surface area (Å²) in [6, 6.07) is 0. The molecule has 0 bridgehead atoms. The largest absolute Gasteiger partial charge is 1.00 e. The average Bonchev–Trinajstić information content (AvgIpc) is 0.722. The average molecular weight is 148 g/mol. The predicted octanol–water partition coefficient (Wildman–Crippen LogP) is -7.24. The van der Waals surface area contributed by atoms with Crippen molar-refractivity contribution in [1.29, 1.82) is 0 Å². The minimum Gasteiger partial charge on any atom is -1.00 e. The van der Waals surface area contributed by atoms with E-state index in [4.69, 9.17) is 17.5 Å². The molecule has 0 heterocycles. The number of hydrogen-bond donors (Lipinski definition) is 2. The van der Waals surface area contributed by atoms with Crippen molar-refractivity contribution in [1.82, 2.24) is 0 Å². The van der Waals surface area contributed by atoms with E-state index < -0.39 is 10.4 Å². The zero-order valence-electron chi connectivity index (χ0n) is 6.62. The fourth-order valence-electron chi connectivity index (χ4n) is 0. The third kappa shape index (κ3) is 151. The monoisotopic (exact) mass is 148 g/mol. The van der Waals surface area contributed by atoms with Gasteiger partial charge in [0, 0.05) is 0 Å². The standard InChI is InChI=1S/Li.Na.H2O4S.H2O.2H/c;;1-5(2,3)4;;;/h;;(H2,1,2,3,4);1H2;;/q2*+1;;;2*-1. The molecule has 0 aliphatic rings. The smallest absolute Gasteiger partial charge is 1.00 e. The molecule has 0 atom stereocenters. The molecule has 8 heteroatoms. The summed E-state index contributed by atoms with van der Waals surface area (Å²) in [5.74, 6) is 0. The molecule has 0 unspecified atom stereocenters. The Morgan fingerprint density at radius 3 is 1.25 bits per heavy atom. The molecule has 0 saturated carbocycles. The van der Waals surface area contributed by atoms with Crippen LogP contribution in [0.2, 0.25) is 0 Å². The Morgan fingerprint density at radius 2 is 1.25 bits per heavy atom. The zero-order valence-corrected chi connectivity index (χ0v) is 7.44. The van der Waals surface area contributed by atoms with Gasteiger partial charge in [-0.25, -0.2) is 0 Å². The summed E-state index contributed by atoms with van der Waals surface area (Å²) in [6.07, 6.45) is 0. The maximum Gasteiger partial charge on any atom is 1.00 e. The second kappa shape index (κ2) is 8.43. The minimum absolute atomic E-state index is 0. The van der Waals surface area contributed by atoms with Crippen LogP contribution in [0.25, 0.3) is 0 Å². The summed E-state index contributed by atoms with van der Waals surface area (Å²) in [4.78, 5) is 0. The number of rotatable bonds is 0. The van der Waals surface area contributed by atoms with Crippen molar-refractivity contribution in [2.45, 2.75) is 0 Å². The molecule has 0 radical (unpaired) electrons. The Morgan fingerprint density at radius 1 is 1.25 bits per heavy atom. The maximum atomic E-state index is 8.74. The summed E-state index contributed by atoms with van der Waals surface area (Å²) in [7, 11) is -4.67. The Labute approximate surface area is 84.2 Å². The van der Waals surface area contributed by atoms with E-state index in [0.717, 1.165) is 0 Å². The molecule has 0 saturated heterocycles. The molecule has 0 amide bonds. The van der Waals surface area contributed by atoms with Crippen LogP contribution in [0.5, 0.6) is 0 Å². The molecule has 44 valence electrons. The molecule has 0 aliphatic carbocycles. The summed E-state index contributed by atoms with van der Waals surface area (Å²) in [6.45, 7) is 0. The summed E-state index contributed by atoms with van der Waals surface area (Å²) >= 11 is 0. The second-order valence-corrected chi connectivity index (χ2v) is 1.34. The predicted molar refractivity (Wildman–Crippen MR) is 20.0 cm³/mol. The molecule has 0 aromatic heterocycles. The van der Waals surface area contributed by atoms with Crippen molar-refractivity contribution in [3.63, 3.8) is 0 Å². The molecule has 0 rings (SSSR count). The molecular formula is H6LiNaO5S. The van der Waals surface area contributed by atoms with Crippen molar-refractivity contribution in [2.75, 3.05) is 0 Å². The fourth-order valence-corrected chi connectivity index (χ4v) is 0. The quantitative estimate of drug-likeness (QED) is 0.263. The molecule has 0 aromatic carbocycles. The minimum atomic E-state index is -4.67. The van der Waals surface area contributed by atoms with Gasteiger partial charge in [-0.05, 0) is 0 Å². The first-order valence-electron chi connectivity index (χ1n) is 0.698. The van der Waals surface area contributed by atoms with Crippen LogP contribution in [-0.4, -0.2) is 23.0 Å². The first-order chi connectivity index (χ1) is 2.00. The summed E-state index contributed by atoms with van der Waals surface area (Å²) < 4.78 is 31.6. The maximum absolute atomic E-state index is 8.74. The van der Waals surface area contributed by atoms with E-state index in [-0.39, 0.29) is 56.7 Å². The Hall–Kier alpha value is 1.43. The van der Waals surface area contributed by atoms with Gasteiger partial charge in [0.05, 0.1) is 0 Å². The van der Waals surface area contributed by atoms with E-state index in [1.807, 2.05) is 0 Å². The van der Waals surface area contributed by atoms with Crippen LogP contribution in [0.15, 0.2) is 0 Å². The van der Waals surface area contributed by atoms with Gasteiger partial charge >= 0.3 is 58.8 Å². The molecule has 0 aromatic rings. The molecule has 0 spiro atoms. The number of hydrogen-bond acceptors (Lipinski definition) is 2. The van der Waals surface area contributed by atoms with E-state index in [1.165, 1.54) is 0 Å². The van der Waals surface area contributed by atoms with Crippen molar-refractivity contribution in [3.05, 3.63) is 0 Å². The van der Waals surface area contributed by atoms with Gasteiger partial charge in [-0.3, -0.25) is 9.11 Å². The van der Waals surface area contributed by atoms with Gasteiger partial charge in [0.25, 0.3) is 0 Å². The van der Waals surface area contributed by atoms with Crippen molar-refractivity contribution >= 4 is 10.4 Å². The van der Waals surface area contributed by atoms with E-state index in [1.54, 1.807) is 0 Å². The van der Waals surface area contributed by atoms with Crippen LogP contribution in [0.3, 0.4) is 0 Å². The van der Waals surface area contributed by atoms with E-state index >= 15 is 0 Å². The van der Waals surface area contributed by atoms with Gasteiger partial charge < -0.3 is 8.33 Å². The Kier molecular flexibility index (Phi) is 23.9. The Balaban J connectivity index is -0.00000000800. The van der Waals surface area contributed by atoms with Crippen LogP contribution in [0.4, 0.5) is 0 Å².